The van der Waals surface area contributed by atoms with E-state index in [-0.39, 0.29) is 5.91 Å². The number of carbonyl (C=O) groups is 1. The lowest BCUT2D eigenvalue weighted by atomic mass is 9.95. The fraction of sp³-hybridized carbons (Fsp3) is 0.0476. The van der Waals surface area contributed by atoms with Gasteiger partial charge in [-0.05, 0) is 42.0 Å². The lowest BCUT2D eigenvalue weighted by Crippen LogP contribution is -2.13. The molecule has 3 rings (SSSR count). The first-order valence-corrected chi connectivity index (χ1v) is 10.2. The van der Waals surface area contributed by atoms with E-state index in [1.54, 1.807) is 60.7 Å². The summed E-state index contributed by atoms with van der Waals surface area (Å²) in [4.78, 5) is 12.8. The summed E-state index contributed by atoms with van der Waals surface area (Å²) in [5.74, 6) is -0.327. The molecule has 0 unspecified atom stereocenters. The Morgan fingerprint density at radius 2 is 1.43 bits per heavy atom. The summed E-state index contributed by atoms with van der Waals surface area (Å²) in [7, 11) is -3.36. The van der Waals surface area contributed by atoms with Crippen LogP contribution in [0.25, 0.3) is 11.1 Å². The van der Waals surface area contributed by atoms with Crippen LogP contribution in [-0.2, 0) is 10.0 Å². The third-order valence-corrected chi connectivity index (χ3v) is 4.56. The predicted molar refractivity (Wildman–Crippen MR) is 109 cm³/mol. The number of nitrogens with zero attached hydrogens (tertiary/aromatic N) is 1. The van der Waals surface area contributed by atoms with Gasteiger partial charge in [0.2, 0.25) is 10.0 Å². The molecule has 0 atom stereocenters. The van der Waals surface area contributed by atoms with Gasteiger partial charge >= 0.3 is 0 Å². The number of carbonyl (C=O) groups excluding carboxylic acids is 1. The number of anilines is 2. The standard InChI is InChI=1S/C21H17N3O3S/c1-28(26,27)24-17-12-10-16(11-13-17)23-21(25)20-9-5-4-8-19(20)18-7-3-2-6-15(18)14-22/h2-13,24H,1H3,(H,23,25). The van der Waals surface area contributed by atoms with Crippen molar-refractivity contribution in [2.75, 3.05) is 16.3 Å². The molecule has 0 radical (unpaired) electrons. The fourth-order valence-electron chi connectivity index (χ4n) is 2.77. The first-order valence-electron chi connectivity index (χ1n) is 8.35. The molecule has 0 aliphatic carbocycles. The van der Waals surface area contributed by atoms with Gasteiger partial charge in [-0.1, -0.05) is 36.4 Å². The van der Waals surface area contributed by atoms with Crippen molar-refractivity contribution >= 4 is 27.3 Å². The molecule has 0 saturated heterocycles. The highest BCUT2D eigenvalue weighted by atomic mass is 32.2. The van der Waals surface area contributed by atoms with Crippen LogP contribution in [0.5, 0.6) is 0 Å². The second-order valence-electron chi connectivity index (χ2n) is 6.11. The average molecular weight is 391 g/mol. The Kier molecular flexibility index (Phi) is 5.43. The normalized spacial score (nSPS) is 10.7. The molecule has 3 aromatic rings. The summed E-state index contributed by atoms with van der Waals surface area (Å²) in [6.07, 6.45) is 1.07. The molecule has 1 amide bonds. The van der Waals surface area contributed by atoms with Gasteiger partial charge in [0.05, 0.1) is 17.9 Å². The summed E-state index contributed by atoms with van der Waals surface area (Å²) < 4.78 is 24.9. The van der Waals surface area contributed by atoms with E-state index < -0.39 is 10.0 Å². The third kappa shape index (κ3) is 4.55. The van der Waals surface area contributed by atoms with Crippen LogP contribution >= 0.6 is 0 Å². The van der Waals surface area contributed by atoms with Crippen molar-refractivity contribution in [2.45, 2.75) is 0 Å². The highest BCUT2D eigenvalue weighted by Crippen LogP contribution is 2.27. The van der Waals surface area contributed by atoms with Crippen LogP contribution < -0.4 is 10.0 Å². The topological polar surface area (TPSA) is 99.1 Å². The van der Waals surface area contributed by atoms with E-state index in [0.29, 0.717) is 33.6 Å². The highest BCUT2D eigenvalue weighted by Gasteiger charge is 2.15. The monoisotopic (exact) mass is 391 g/mol. The molecule has 2 N–H and O–H groups in total. The van der Waals surface area contributed by atoms with Crippen molar-refractivity contribution in [3.8, 4) is 17.2 Å². The summed E-state index contributed by atoms with van der Waals surface area (Å²) in [5, 5.41) is 12.1. The van der Waals surface area contributed by atoms with Gasteiger partial charge in [-0.3, -0.25) is 9.52 Å². The maximum Gasteiger partial charge on any atom is 0.256 e. The molecule has 140 valence electrons. The van der Waals surface area contributed by atoms with Gasteiger partial charge < -0.3 is 5.32 Å². The zero-order chi connectivity index (χ0) is 20.1. The Bertz CT molecular complexity index is 1160. The molecule has 0 saturated carbocycles. The van der Waals surface area contributed by atoms with E-state index in [0.717, 1.165) is 6.26 Å². The summed E-state index contributed by atoms with van der Waals surface area (Å²) >= 11 is 0. The smallest absolute Gasteiger partial charge is 0.256 e. The third-order valence-electron chi connectivity index (χ3n) is 3.96. The Morgan fingerprint density at radius 3 is 2.07 bits per heavy atom. The minimum Gasteiger partial charge on any atom is -0.322 e. The lowest BCUT2D eigenvalue weighted by molar-refractivity contribution is 0.102. The van der Waals surface area contributed by atoms with Crippen LogP contribution in [0.1, 0.15) is 15.9 Å². The Hall–Kier alpha value is -3.63. The number of rotatable bonds is 5. The zero-order valence-corrected chi connectivity index (χ0v) is 15.8. The van der Waals surface area contributed by atoms with Crippen molar-refractivity contribution in [2.24, 2.45) is 0 Å². The molecule has 0 aliphatic heterocycles. The van der Waals surface area contributed by atoms with Crippen molar-refractivity contribution in [1.29, 1.82) is 5.26 Å². The van der Waals surface area contributed by atoms with Gasteiger partial charge in [0.15, 0.2) is 0 Å². The van der Waals surface area contributed by atoms with Crippen LogP contribution in [0.2, 0.25) is 0 Å². The quantitative estimate of drug-likeness (QED) is 0.690. The Labute approximate surface area is 163 Å². The number of hydrogen-bond donors (Lipinski definition) is 2. The number of nitriles is 1. The predicted octanol–water partition coefficient (Wildman–Crippen LogP) is 3.85. The summed E-state index contributed by atoms with van der Waals surface area (Å²) in [6, 6.07) is 22.6. The fourth-order valence-corrected chi connectivity index (χ4v) is 3.33. The van der Waals surface area contributed by atoms with E-state index in [4.69, 9.17) is 0 Å². The van der Waals surface area contributed by atoms with E-state index >= 15 is 0 Å². The van der Waals surface area contributed by atoms with Crippen LogP contribution in [0.15, 0.2) is 72.8 Å². The molecule has 6 nitrogen and oxygen atoms in total. The minimum atomic E-state index is -3.36. The molecule has 0 heterocycles. The number of sulfonamides is 1. The van der Waals surface area contributed by atoms with E-state index in [1.165, 1.54) is 0 Å². The van der Waals surface area contributed by atoms with Gasteiger partial charge in [0.25, 0.3) is 5.91 Å². The second kappa shape index (κ2) is 7.94. The van der Waals surface area contributed by atoms with Gasteiger partial charge in [-0.2, -0.15) is 5.26 Å². The molecule has 28 heavy (non-hydrogen) atoms. The van der Waals surface area contributed by atoms with Gasteiger partial charge in [-0.25, -0.2) is 8.42 Å². The molecule has 0 fully saturated rings. The average Bonchev–Trinajstić information content (AvgIpc) is 2.68. The molecule has 0 aromatic heterocycles. The maximum atomic E-state index is 12.8. The SMILES string of the molecule is CS(=O)(=O)Nc1ccc(NC(=O)c2ccccc2-c2ccccc2C#N)cc1. The van der Waals surface area contributed by atoms with Crippen LogP contribution in [0, 0.1) is 11.3 Å². The first-order chi connectivity index (χ1) is 13.4. The zero-order valence-electron chi connectivity index (χ0n) is 15.0. The van der Waals surface area contributed by atoms with Crippen molar-refractivity contribution in [3.63, 3.8) is 0 Å². The van der Waals surface area contributed by atoms with Crippen molar-refractivity contribution in [1.82, 2.24) is 0 Å². The number of hydrogen-bond acceptors (Lipinski definition) is 4. The van der Waals surface area contributed by atoms with Gasteiger partial charge in [-0.15, -0.1) is 0 Å². The Balaban J connectivity index is 1.87. The van der Waals surface area contributed by atoms with Crippen LogP contribution in [-0.4, -0.2) is 20.6 Å². The van der Waals surface area contributed by atoms with Crippen molar-refractivity contribution < 1.29 is 13.2 Å². The van der Waals surface area contributed by atoms with Gasteiger partial charge in [0, 0.05) is 22.5 Å². The first kappa shape index (κ1) is 19.1. The van der Waals surface area contributed by atoms with Gasteiger partial charge in [0.1, 0.15) is 0 Å². The van der Waals surface area contributed by atoms with Crippen LogP contribution in [0.4, 0.5) is 11.4 Å². The number of amides is 1. The largest absolute Gasteiger partial charge is 0.322 e. The molecule has 7 heteroatoms. The van der Waals surface area contributed by atoms with Crippen molar-refractivity contribution in [3.05, 3.63) is 83.9 Å². The van der Waals surface area contributed by atoms with E-state index in [2.05, 4.69) is 16.1 Å². The minimum absolute atomic E-state index is 0.327. The second-order valence-corrected chi connectivity index (χ2v) is 7.86. The maximum absolute atomic E-state index is 12.8. The summed E-state index contributed by atoms with van der Waals surface area (Å²) in [5.41, 5.74) is 3.19. The molecular weight excluding hydrogens is 374 g/mol. The highest BCUT2D eigenvalue weighted by molar-refractivity contribution is 7.92. The van der Waals surface area contributed by atoms with E-state index in [9.17, 15) is 18.5 Å². The number of benzene rings is 3. The molecule has 0 spiro atoms. The summed E-state index contributed by atoms with van der Waals surface area (Å²) in [6.45, 7) is 0. The van der Waals surface area contributed by atoms with E-state index in [1.807, 2.05) is 12.1 Å². The molecule has 3 aromatic carbocycles. The molecule has 0 aliphatic rings. The Morgan fingerprint density at radius 1 is 0.857 bits per heavy atom. The van der Waals surface area contributed by atoms with Crippen LogP contribution in [0.3, 0.4) is 0 Å². The lowest BCUT2D eigenvalue weighted by Gasteiger charge is -2.12. The molecular formula is C21H17N3O3S. The number of nitrogens with one attached hydrogen (secondary N) is 2. The molecule has 0 bridgehead atoms.